The number of hydrogen-bond donors (Lipinski definition) is 2. The van der Waals surface area contributed by atoms with Crippen LogP contribution in [0.4, 0.5) is 5.00 Å². The molecular formula is C15H18N2OS2. The highest BCUT2D eigenvalue weighted by atomic mass is 32.1. The van der Waals surface area contributed by atoms with Crippen LogP contribution in [0.25, 0.3) is 0 Å². The van der Waals surface area contributed by atoms with Gasteiger partial charge in [0.2, 0.25) is 5.91 Å². The van der Waals surface area contributed by atoms with Gasteiger partial charge in [-0.2, -0.15) is 0 Å². The molecule has 1 amide bonds. The second-order valence-corrected chi connectivity index (χ2v) is 7.24. The number of hydrogen-bond acceptors (Lipinski definition) is 4. The number of carbonyl (C=O) groups is 1. The van der Waals surface area contributed by atoms with Crippen LogP contribution in [0.5, 0.6) is 0 Å². The monoisotopic (exact) mass is 306 g/mol. The third-order valence-electron chi connectivity index (χ3n) is 3.81. The lowest BCUT2D eigenvalue weighted by atomic mass is 9.98. The topological polar surface area (TPSA) is 41.1 Å². The van der Waals surface area contributed by atoms with Crippen LogP contribution in [0.15, 0.2) is 22.9 Å². The van der Waals surface area contributed by atoms with Gasteiger partial charge in [0.1, 0.15) is 0 Å². The number of aryl methyl sites for hydroxylation is 2. The van der Waals surface area contributed by atoms with Crippen molar-refractivity contribution in [1.29, 1.82) is 0 Å². The average Bonchev–Trinajstić information content (AvgIpc) is 3.10. The second kappa shape index (κ2) is 5.58. The summed E-state index contributed by atoms with van der Waals surface area (Å²) in [5, 5.41) is 12.2. The van der Waals surface area contributed by atoms with E-state index < -0.39 is 0 Å². The summed E-state index contributed by atoms with van der Waals surface area (Å²) in [7, 11) is 0. The Morgan fingerprint density at radius 3 is 2.65 bits per heavy atom. The van der Waals surface area contributed by atoms with Crippen molar-refractivity contribution in [3.05, 3.63) is 38.9 Å². The predicted molar refractivity (Wildman–Crippen MR) is 85.6 cm³/mol. The molecule has 2 atom stereocenters. The van der Waals surface area contributed by atoms with Crippen LogP contribution in [-0.4, -0.2) is 11.9 Å². The first-order chi connectivity index (χ1) is 9.65. The minimum Gasteiger partial charge on any atom is -0.368 e. The predicted octanol–water partition coefficient (Wildman–Crippen LogP) is 3.86. The summed E-state index contributed by atoms with van der Waals surface area (Å²) in [6.07, 6.45) is 1.53. The molecule has 0 bridgehead atoms. The zero-order chi connectivity index (χ0) is 14.1. The van der Waals surface area contributed by atoms with Gasteiger partial charge < -0.3 is 10.6 Å². The van der Waals surface area contributed by atoms with Crippen molar-refractivity contribution in [1.82, 2.24) is 5.32 Å². The molecule has 0 saturated carbocycles. The Hall–Kier alpha value is -1.33. The third-order valence-corrected chi connectivity index (χ3v) is 5.62. The van der Waals surface area contributed by atoms with Gasteiger partial charge in [-0.15, -0.1) is 22.7 Å². The molecule has 0 aromatic carbocycles. The number of thiophene rings is 2. The molecule has 0 radical (unpaired) electrons. The maximum absolute atomic E-state index is 11.5. The highest BCUT2D eigenvalue weighted by Gasteiger charge is 2.31. The van der Waals surface area contributed by atoms with Gasteiger partial charge in [-0.05, 0) is 54.3 Å². The first kappa shape index (κ1) is 13.6. The molecule has 0 aliphatic carbocycles. The summed E-state index contributed by atoms with van der Waals surface area (Å²) in [4.78, 5) is 12.9. The van der Waals surface area contributed by atoms with Gasteiger partial charge in [-0.1, -0.05) is 0 Å². The molecule has 2 aromatic heterocycles. The Labute approximate surface area is 127 Å². The molecule has 3 heterocycles. The number of rotatable bonds is 4. The van der Waals surface area contributed by atoms with E-state index in [1.54, 1.807) is 22.7 Å². The summed E-state index contributed by atoms with van der Waals surface area (Å²) < 4.78 is 0. The lowest BCUT2D eigenvalue weighted by molar-refractivity contribution is -0.119. The number of amides is 1. The molecule has 1 saturated heterocycles. The lowest BCUT2D eigenvalue weighted by Gasteiger charge is -2.26. The average molecular weight is 306 g/mol. The number of anilines is 1. The van der Waals surface area contributed by atoms with Gasteiger partial charge in [0.05, 0.1) is 17.1 Å². The van der Waals surface area contributed by atoms with E-state index in [-0.39, 0.29) is 18.0 Å². The van der Waals surface area contributed by atoms with Gasteiger partial charge in [-0.3, -0.25) is 4.79 Å². The van der Waals surface area contributed by atoms with Gasteiger partial charge in [0.25, 0.3) is 0 Å². The van der Waals surface area contributed by atoms with Crippen LogP contribution >= 0.6 is 22.7 Å². The van der Waals surface area contributed by atoms with E-state index in [4.69, 9.17) is 0 Å². The van der Waals surface area contributed by atoms with Crippen LogP contribution in [-0.2, 0) is 4.79 Å². The minimum atomic E-state index is 0.157. The van der Waals surface area contributed by atoms with Gasteiger partial charge in [-0.25, -0.2) is 0 Å². The Kier molecular flexibility index (Phi) is 3.81. The van der Waals surface area contributed by atoms with Crippen LogP contribution in [0.1, 0.15) is 34.9 Å². The maximum atomic E-state index is 11.5. The highest BCUT2D eigenvalue weighted by molar-refractivity contribution is 7.14. The van der Waals surface area contributed by atoms with Crippen LogP contribution in [0.3, 0.4) is 0 Å². The van der Waals surface area contributed by atoms with Crippen molar-refractivity contribution in [2.45, 2.75) is 38.8 Å². The van der Waals surface area contributed by atoms with E-state index in [1.165, 1.54) is 21.0 Å². The molecule has 20 heavy (non-hydrogen) atoms. The van der Waals surface area contributed by atoms with Crippen LogP contribution in [0, 0.1) is 13.8 Å². The van der Waals surface area contributed by atoms with Gasteiger partial charge in [0.15, 0.2) is 0 Å². The minimum absolute atomic E-state index is 0.157. The van der Waals surface area contributed by atoms with Crippen molar-refractivity contribution in [3.8, 4) is 0 Å². The molecule has 5 heteroatoms. The van der Waals surface area contributed by atoms with Crippen molar-refractivity contribution in [2.24, 2.45) is 0 Å². The number of nitrogens with one attached hydrogen (secondary N) is 2. The summed E-state index contributed by atoms with van der Waals surface area (Å²) in [5.41, 5.74) is 2.56. The zero-order valence-electron chi connectivity index (χ0n) is 11.6. The summed E-state index contributed by atoms with van der Waals surface area (Å²) in [5.74, 6) is 0.164. The van der Waals surface area contributed by atoms with E-state index in [0.29, 0.717) is 6.42 Å². The molecule has 2 N–H and O–H groups in total. The third kappa shape index (κ3) is 2.60. The molecule has 2 aromatic rings. The SMILES string of the molecule is Cc1ccsc1NC(c1ccsc1C)[C@H]1CCC(=O)N1. The summed E-state index contributed by atoms with van der Waals surface area (Å²) >= 11 is 3.48. The highest BCUT2D eigenvalue weighted by Crippen LogP contribution is 2.34. The molecule has 1 aliphatic heterocycles. The molecular weight excluding hydrogens is 288 g/mol. The Balaban J connectivity index is 1.89. The fraction of sp³-hybridized carbons (Fsp3) is 0.400. The van der Waals surface area contributed by atoms with E-state index >= 15 is 0 Å². The fourth-order valence-corrected chi connectivity index (χ4v) is 4.27. The van der Waals surface area contributed by atoms with E-state index in [1.807, 2.05) is 0 Å². The molecule has 1 unspecified atom stereocenters. The first-order valence-electron chi connectivity index (χ1n) is 6.79. The molecule has 106 valence electrons. The van der Waals surface area contributed by atoms with E-state index in [2.05, 4.69) is 47.4 Å². The van der Waals surface area contributed by atoms with Gasteiger partial charge in [0, 0.05) is 11.3 Å². The normalized spacial score (nSPS) is 19.9. The van der Waals surface area contributed by atoms with Crippen molar-refractivity contribution < 1.29 is 4.79 Å². The van der Waals surface area contributed by atoms with Crippen molar-refractivity contribution in [2.75, 3.05) is 5.32 Å². The van der Waals surface area contributed by atoms with Crippen LogP contribution < -0.4 is 10.6 Å². The lowest BCUT2D eigenvalue weighted by Crippen LogP contribution is -2.35. The molecule has 1 aliphatic rings. The van der Waals surface area contributed by atoms with E-state index in [0.717, 1.165) is 6.42 Å². The van der Waals surface area contributed by atoms with Crippen molar-refractivity contribution >= 4 is 33.6 Å². The second-order valence-electron chi connectivity index (χ2n) is 5.20. The standard InChI is InChI=1S/C15H18N2OS2/c1-9-5-7-20-15(9)17-14(11-6-8-19-10(11)2)12-3-4-13(18)16-12/h5-8,12,14,17H,3-4H2,1-2H3,(H,16,18)/t12-,14?/m1/s1. The Morgan fingerprint density at radius 1 is 1.30 bits per heavy atom. The van der Waals surface area contributed by atoms with Gasteiger partial charge >= 0.3 is 0 Å². The maximum Gasteiger partial charge on any atom is 0.220 e. The summed E-state index contributed by atoms with van der Waals surface area (Å²) in [6.45, 7) is 4.26. The fourth-order valence-electron chi connectivity index (χ4n) is 2.66. The number of carbonyl (C=O) groups excluding carboxylic acids is 1. The first-order valence-corrected chi connectivity index (χ1v) is 8.55. The molecule has 3 nitrogen and oxygen atoms in total. The smallest absolute Gasteiger partial charge is 0.220 e. The largest absolute Gasteiger partial charge is 0.368 e. The molecule has 0 spiro atoms. The molecule has 1 fully saturated rings. The quantitative estimate of drug-likeness (QED) is 0.900. The Bertz CT molecular complexity index is 617. The van der Waals surface area contributed by atoms with Crippen LogP contribution in [0.2, 0.25) is 0 Å². The zero-order valence-corrected chi connectivity index (χ0v) is 13.2. The molecule has 3 rings (SSSR count). The van der Waals surface area contributed by atoms with E-state index in [9.17, 15) is 4.79 Å². The summed E-state index contributed by atoms with van der Waals surface area (Å²) in [6, 6.07) is 4.63. The Morgan fingerprint density at radius 2 is 2.10 bits per heavy atom. The van der Waals surface area contributed by atoms with Crippen molar-refractivity contribution in [3.63, 3.8) is 0 Å².